The highest BCUT2D eigenvalue weighted by Crippen LogP contribution is 2.21. The zero-order valence-electron chi connectivity index (χ0n) is 17.4. The van der Waals surface area contributed by atoms with Crippen molar-refractivity contribution in [1.82, 2.24) is 9.88 Å². The normalized spacial score (nSPS) is 14.2. The Hall–Kier alpha value is -2.56. The van der Waals surface area contributed by atoms with Crippen molar-refractivity contribution in [2.24, 2.45) is 0 Å². The molecule has 1 aromatic carbocycles. The van der Waals surface area contributed by atoms with Crippen LogP contribution in [0.4, 0.5) is 11.4 Å². The molecule has 1 fully saturated rings. The Morgan fingerprint density at radius 2 is 1.61 bits per heavy atom. The Labute approximate surface area is 169 Å². The highest BCUT2D eigenvalue weighted by molar-refractivity contribution is 5.92. The summed E-state index contributed by atoms with van der Waals surface area (Å²) in [5.74, 6) is 0.0412. The first kappa shape index (κ1) is 20.2. The second-order valence-electron chi connectivity index (χ2n) is 7.51. The predicted octanol–water partition coefficient (Wildman–Crippen LogP) is 3.98. The van der Waals surface area contributed by atoms with E-state index < -0.39 is 0 Å². The molecular formula is C23H32N4O. The summed E-state index contributed by atoms with van der Waals surface area (Å²) in [6, 6.07) is 12.6. The van der Waals surface area contributed by atoms with E-state index in [0.717, 1.165) is 57.8 Å². The van der Waals surface area contributed by atoms with Gasteiger partial charge in [-0.15, -0.1) is 0 Å². The minimum atomic E-state index is 0.0412. The molecule has 2 heterocycles. The van der Waals surface area contributed by atoms with Gasteiger partial charge in [0.1, 0.15) is 5.69 Å². The summed E-state index contributed by atoms with van der Waals surface area (Å²) < 4.78 is 0. The molecule has 150 valence electrons. The highest BCUT2D eigenvalue weighted by atomic mass is 16.2. The molecule has 1 amide bonds. The number of hydrogen-bond acceptors (Lipinski definition) is 4. The van der Waals surface area contributed by atoms with Crippen LogP contribution in [0.2, 0.25) is 0 Å². The maximum atomic E-state index is 12.7. The number of rotatable bonds is 7. The number of carbonyl (C=O) groups excluding carboxylic acids is 1. The number of anilines is 2. The number of carbonyl (C=O) groups is 1. The molecule has 0 unspecified atom stereocenters. The van der Waals surface area contributed by atoms with Crippen molar-refractivity contribution in [3.63, 3.8) is 0 Å². The zero-order valence-corrected chi connectivity index (χ0v) is 17.4. The summed E-state index contributed by atoms with van der Waals surface area (Å²) >= 11 is 0. The van der Waals surface area contributed by atoms with E-state index in [1.807, 2.05) is 23.2 Å². The van der Waals surface area contributed by atoms with Crippen molar-refractivity contribution in [1.29, 1.82) is 0 Å². The zero-order chi connectivity index (χ0) is 19.9. The van der Waals surface area contributed by atoms with Crippen LogP contribution in [0.25, 0.3) is 0 Å². The lowest BCUT2D eigenvalue weighted by Gasteiger charge is -2.37. The van der Waals surface area contributed by atoms with Crippen molar-refractivity contribution >= 4 is 17.3 Å². The first-order valence-electron chi connectivity index (χ1n) is 10.4. The van der Waals surface area contributed by atoms with Gasteiger partial charge in [0.25, 0.3) is 5.91 Å². The van der Waals surface area contributed by atoms with Crippen LogP contribution in [0, 0.1) is 6.92 Å². The van der Waals surface area contributed by atoms with E-state index in [2.05, 4.69) is 59.8 Å². The van der Waals surface area contributed by atoms with E-state index in [-0.39, 0.29) is 5.91 Å². The summed E-state index contributed by atoms with van der Waals surface area (Å²) in [5.41, 5.74) is 4.23. The van der Waals surface area contributed by atoms with Gasteiger partial charge in [-0.05, 0) is 49.6 Å². The van der Waals surface area contributed by atoms with Crippen molar-refractivity contribution in [2.45, 2.75) is 33.6 Å². The maximum Gasteiger partial charge on any atom is 0.272 e. The SMILES string of the molecule is CCCN(CCC)C(=O)c1ccc(N2CCN(c3cccc(C)c3)CC2)cn1. The van der Waals surface area contributed by atoms with Gasteiger partial charge in [0, 0.05) is 45.0 Å². The number of nitrogens with zero attached hydrogens (tertiary/aromatic N) is 4. The lowest BCUT2D eigenvalue weighted by atomic mass is 10.2. The van der Waals surface area contributed by atoms with E-state index in [1.165, 1.54) is 11.3 Å². The second-order valence-corrected chi connectivity index (χ2v) is 7.51. The van der Waals surface area contributed by atoms with E-state index in [1.54, 1.807) is 0 Å². The van der Waals surface area contributed by atoms with Gasteiger partial charge in [0.2, 0.25) is 0 Å². The molecule has 3 rings (SSSR count). The van der Waals surface area contributed by atoms with Crippen LogP contribution in [0.5, 0.6) is 0 Å². The van der Waals surface area contributed by atoms with Crippen molar-refractivity contribution in [2.75, 3.05) is 49.1 Å². The summed E-state index contributed by atoms with van der Waals surface area (Å²) in [4.78, 5) is 23.9. The third kappa shape index (κ3) is 4.83. The molecule has 1 saturated heterocycles. The Bertz CT molecular complexity index is 760. The van der Waals surface area contributed by atoms with E-state index >= 15 is 0 Å². The Balaban J connectivity index is 1.60. The lowest BCUT2D eigenvalue weighted by molar-refractivity contribution is 0.0749. The Morgan fingerprint density at radius 3 is 2.14 bits per heavy atom. The van der Waals surface area contributed by atoms with Gasteiger partial charge in [-0.2, -0.15) is 0 Å². The van der Waals surface area contributed by atoms with Crippen molar-refractivity contribution in [3.05, 3.63) is 53.9 Å². The van der Waals surface area contributed by atoms with Gasteiger partial charge >= 0.3 is 0 Å². The Morgan fingerprint density at radius 1 is 0.964 bits per heavy atom. The second kappa shape index (κ2) is 9.58. The van der Waals surface area contributed by atoms with Crippen LogP contribution in [0.1, 0.15) is 42.7 Å². The van der Waals surface area contributed by atoms with Crippen LogP contribution in [0.3, 0.4) is 0 Å². The number of benzene rings is 1. The number of aryl methyl sites for hydroxylation is 1. The molecule has 28 heavy (non-hydrogen) atoms. The topological polar surface area (TPSA) is 39.7 Å². The number of pyridine rings is 1. The maximum absolute atomic E-state index is 12.7. The fourth-order valence-corrected chi connectivity index (χ4v) is 3.76. The molecule has 0 saturated carbocycles. The third-order valence-corrected chi connectivity index (χ3v) is 5.25. The van der Waals surface area contributed by atoms with Crippen LogP contribution in [0.15, 0.2) is 42.6 Å². The minimum absolute atomic E-state index is 0.0412. The smallest absolute Gasteiger partial charge is 0.272 e. The summed E-state index contributed by atoms with van der Waals surface area (Å²) in [6.45, 7) is 11.8. The monoisotopic (exact) mass is 380 g/mol. The van der Waals surface area contributed by atoms with Crippen LogP contribution in [-0.4, -0.2) is 55.1 Å². The van der Waals surface area contributed by atoms with Gasteiger partial charge < -0.3 is 14.7 Å². The molecule has 0 atom stereocenters. The average Bonchev–Trinajstić information content (AvgIpc) is 2.73. The fourth-order valence-electron chi connectivity index (χ4n) is 3.76. The molecule has 0 radical (unpaired) electrons. The number of aromatic nitrogens is 1. The largest absolute Gasteiger partial charge is 0.368 e. The van der Waals surface area contributed by atoms with Gasteiger partial charge in [-0.25, -0.2) is 4.98 Å². The standard InChI is InChI=1S/C23H32N4O/c1-4-11-27(12-5-2)23(28)22-10-9-21(18-24-22)26-15-13-25(14-16-26)20-8-6-7-19(3)17-20/h6-10,17-18H,4-5,11-16H2,1-3H3. The molecule has 1 aromatic heterocycles. The van der Waals surface area contributed by atoms with Crippen LogP contribution < -0.4 is 9.80 Å². The van der Waals surface area contributed by atoms with Crippen LogP contribution >= 0.6 is 0 Å². The number of amides is 1. The summed E-state index contributed by atoms with van der Waals surface area (Å²) in [6.07, 6.45) is 3.79. The summed E-state index contributed by atoms with van der Waals surface area (Å²) in [7, 11) is 0. The van der Waals surface area contributed by atoms with E-state index in [4.69, 9.17) is 0 Å². The lowest BCUT2D eigenvalue weighted by Crippen LogP contribution is -2.46. The quantitative estimate of drug-likeness (QED) is 0.728. The van der Waals surface area contributed by atoms with Gasteiger partial charge in [-0.3, -0.25) is 4.79 Å². The van der Waals surface area contributed by atoms with Gasteiger partial charge in [-0.1, -0.05) is 26.0 Å². The third-order valence-electron chi connectivity index (χ3n) is 5.25. The molecule has 1 aliphatic rings. The van der Waals surface area contributed by atoms with Crippen molar-refractivity contribution in [3.8, 4) is 0 Å². The van der Waals surface area contributed by atoms with Crippen LogP contribution in [-0.2, 0) is 0 Å². The number of hydrogen-bond donors (Lipinski definition) is 0. The molecule has 5 heteroatoms. The molecule has 1 aliphatic heterocycles. The molecule has 0 spiro atoms. The van der Waals surface area contributed by atoms with E-state index in [9.17, 15) is 4.79 Å². The van der Waals surface area contributed by atoms with E-state index in [0.29, 0.717) is 5.69 Å². The minimum Gasteiger partial charge on any atom is -0.368 e. The summed E-state index contributed by atoms with van der Waals surface area (Å²) in [5, 5.41) is 0. The molecule has 2 aromatic rings. The molecule has 5 nitrogen and oxygen atoms in total. The number of piperazine rings is 1. The highest BCUT2D eigenvalue weighted by Gasteiger charge is 2.19. The molecule has 0 aliphatic carbocycles. The fraction of sp³-hybridized carbons (Fsp3) is 0.478. The molecular weight excluding hydrogens is 348 g/mol. The average molecular weight is 381 g/mol. The first-order chi connectivity index (χ1) is 13.6. The molecule has 0 N–H and O–H groups in total. The Kier molecular flexibility index (Phi) is 6.90. The molecule has 0 bridgehead atoms. The van der Waals surface area contributed by atoms with Gasteiger partial charge in [0.15, 0.2) is 0 Å². The predicted molar refractivity (Wildman–Crippen MR) is 116 cm³/mol. The van der Waals surface area contributed by atoms with Crippen molar-refractivity contribution < 1.29 is 4.79 Å². The first-order valence-corrected chi connectivity index (χ1v) is 10.4. The van der Waals surface area contributed by atoms with Gasteiger partial charge in [0.05, 0.1) is 11.9 Å².